The average Bonchev–Trinajstić information content (AvgIpc) is 2.14. The normalized spacial score (nSPS) is 10.6. The van der Waals surface area contributed by atoms with E-state index >= 15 is 0 Å². The molecule has 6 nitrogen and oxygen atoms in total. The second-order valence-corrected chi connectivity index (χ2v) is 2.95. The van der Waals surface area contributed by atoms with Gasteiger partial charge in [-0.15, -0.1) is 0 Å². The molecular formula is C8H5F3N2O4. The number of alkyl halides is 2. The summed E-state index contributed by atoms with van der Waals surface area (Å²) in [4.78, 5) is 22.7. The lowest BCUT2D eigenvalue weighted by Gasteiger charge is -2.04. The van der Waals surface area contributed by atoms with Gasteiger partial charge < -0.3 is 15.2 Å². The van der Waals surface area contributed by atoms with Crippen molar-refractivity contribution >= 4 is 11.8 Å². The summed E-state index contributed by atoms with van der Waals surface area (Å²) in [6.45, 7) is 0. The van der Waals surface area contributed by atoms with Crippen molar-refractivity contribution in [1.82, 2.24) is 4.98 Å². The standard InChI is InChI=1S/C8H5F3N2O4/c9-3-1-5(13(16)17)12-4(2-6(14)15)7(3)8(10)11/h1,8H,2H2,(H,14,15). The van der Waals surface area contributed by atoms with E-state index in [1.165, 1.54) is 0 Å². The first-order valence-electron chi connectivity index (χ1n) is 4.16. The van der Waals surface area contributed by atoms with Gasteiger partial charge >= 0.3 is 11.8 Å². The van der Waals surface area contributed by atoms with Crippen LogP contribution in [0.3, 0.4) is 0 Å². The molecule has 0 spiro atoms. The highest BCUT2D eigenvalue weighted by Gasteiger charge is 2.28. The van der Waals surface area contributed by atoms with Crippen LogP contribution >= 0.6 is 0 Å². The highest BCUT2D eigenvalue weighted by atomic mass is 19.3. The second kappa shape index (κ2) is 4.76. The summed E-state index contributed by atoms with van der Waals surface area (Å²) in [7, 11) is 0. The summed E-state index contributed by atoms with van der Waals surface area (Å²) in [5.74, 6) is -4.10. The molecule has 1 N–H and O–H groups in total. The van der Waals surface area contributed by atoms with Crippen molar-refractivity contribution in [2.24, 2.45) is 0 Å². The molecule has 0 aliphatic heterocycles. The van der Waals surface area contributed by atoms with Crippen LogP contribution in [-0.4, -0.2) is 21.0 Å². The minimum Gasteiger partial charge on any atom is -0.481 e. The van der Waals surface area contributed by atoms with E-state index in [4.69, 9.17) is 5.11 Å². The van der Waals surface area contributed by atoms with Crippen molar-refractivity contribution < 1.29 is 28.0 Å². The summed E-state index contributed by atoms with van der Waals surface area (Å²) < 4.78 is 38.0. The van der Waals surface area contributed by atoms with Crippen LogP contribution in [0.2, 0.25) is 0 Å². The van der Waals surface area contributed by atoms with Crippen LogP contribution in [0.15, 0.2) is 6.07 Å². The van der Waals surface area contributed by atoms with E-state index in [2.05, 4.69) is 4.98 Å². The molecule has 1 heterocycles. The maximum Gasteiger partial charge on any atom is 0.366 e. The molecule has 0 aliphatic carbocycles. The number of hydrogen-bond donors (Lipinski definition) is 1. The number of carbonyl (C=O) groups is 1. The molecule has 0 saturated carbocycles. The van der Waals surface area contributed by atoms with Gasteiger partial charge in [0.2, 0.25) is 0 Å². The monoisotopic (exact) mass is 250 g/mol. The SMILES string of the molecule is O=C(O)Cc1nc([N+](=O)[O-])cc(F)c1C(F)F. The first-order chi connectivity index (χ1) is 7.82. The van der Waals surface area contributed by atoms with E-state index in [0.29, 0.717) is 0 Å². The van der Waals surface area contributed by atoms with Crippen molar-refractivity contribution in [3.8, 4) is 0 Å². The van der Waals surface area contributed by atoms with Gasteiger partial charge in [-0.1, -0.05) is 0 Å². The lowest BCUT2D eigenvalue weighted by molar-refractivity contribution is -0.389. The number of carboxylic acid groups (broad SMARTS) is 1. The summed E-state index contributed by atoms with van der Waals surface area (Å²) in [5, 5.41) is 18.7. The van der Waals surface area contributed by atoms with Crippen LogP contribution in [0.1, 0.15) is 17.7 Å². The lowest BCUT2D eigenvalue weighted by atomic mass is 10.1. The zero-order chi connectivity index (χ0) is 13.2. The van der Waals surface area contributed by atoms with Crippen LogP contribution in [0, 0.1) is 15.9 Å². The minimum atomic E-state index is -3.29. The molecule has 0 radical (unpaired) electrons. The van der Waals surface area contributed by atoms with Gasteiger partial charge in [-0.05, 0) is 9.91 Å². The number of aliphatic carboxylic acids is 1. The molecule has 0 amide bonds. The van der Waals surface area contributed by atoms with Crippen molar-refractivity contribution in [2.45, 2.75) is 12.8 Å². The fourth-order valence-electron chi connectivity index (χ4n) is 1.16. The molecule has 9 heteroatoms. The van der Waals surface area contributed by atoms with Crippen LogP contribution in [0.5, 0.6) is 0 Å². The van der Waals surface area contributed by atoms with Crippen molar-refractivity contribution in [3.63, 3.8) is 0 Å². The number of nitro groups is 1. The van der Waals surface area contributed by atoms with E-state index in [1.54, 1.807) is 0 Å². The maximum atomic E-state index is 13.2. The van der Waals surface area contributed by atoms with Crippen LogP contribution in [-0.2, 0) is 11.2 Å². The van der Waals surface area contributed by atoms with E-state index in [0.717, 1.165) is 0 Å². The molecule has 0 atom stereocenters. The molecule has 0 unspecified atom stereocenters. The Balaban J connectivity index is 3.38. The fourth-order valence-corrected chi connectivity index (χ4v) is 1.16. The third kappa shape index (κ3) is 2.89. The summed E-state index contributed by atoms with van der Waals surface area (Å²) >= 11 is 0. The Hall–Kier alpha value is -2.19. The Morgan fingerprint density at radius 1 is 1.59 bits per heavy atom. The van der Waals surface area contributed by atoms with Crippen LogP contribution in [0.4, 0.5) is 19.0 Å². The Bertz CT molecular complexity index is 478. The van der Waals surface area contributed by atoms with Crippen molar-refractivity contribution in [2.75, 3.05) is 0 Å². The molecule has 17 heavy (non-hydrogen) atoms. The van der Waals surface area contributed by atoms with Crippen molar-refractivity contribution in [3.05, 3.63) is 33.3 Å². The van der Waals surface area contributed by atoms with Gasteiger partial charge in [0.1, 0.15) is 17.8 Å². The van der Waals surface area contributed by atoms with Gasteiger partial charge in [-0.3, -0.25) is 4.79 Å². The average molecular weight is 250 g/mol. The molecule has 0 fully saturated rings. The molecule has 1 rings (SSSR count). The van der Waals surface area contributed by atoms with E-state index in [-0.39, 0.29) is 6.07 Å². The lowest BCUT2D eigenvalue weighted by Crippen LogP contribution is -2.10. The number of pyridine rings is 1. The molecule has 92 valence electrons. The third-order valence-corrected chi connectivity index (χ3v) is 1.80. The molecule has 0 aliphatic rings. The van der Waals surface area contributed by atoms with E-state index < -0.39 is 46.6 Å². The first kappa shape index (κ1) is 12.9. The van der Waals surface area contributed by atoms with Gasteiger partial charge in [-0.25, -0.2) is 13.2 Å². The predicted octanol–water partition coefficient (Wildman–Crippen LogP) is 1.69. The zero-order valence-electron chi connectivity index (χ0n) is 8.06. The van der Waals surface area contributed by atoms with Crippen LogP contribution < -0.4 is 0 Å². The maximum absolute atomic E-state index is 13.2. The number of nitrogens with zero attached hydrogens (tertiary/aromatic N) is 2. The molecule has 0 saturated heterocycles. The Morgan fingerprint density at radius 3 is 2.59 bits per heavy atom. The highest BCUT2D eigenvalue weighted by molar-refractivity contribution is 5.70. The number of aromatic nitrogens is 1. The van der Waals surface area contributed by atoms with E-state index in [1.807, 2.05) is 0 Å². The first-order valence-corrected chi connectivity index (χ1v) is 4.16. The fraction of sp³-hybridized carbons (Fsp3) is 0.250. The predicted molar refractivity (Wildman–Crippen MR) is 47.1 cm³/mol. The van der Waals surface area contributed by atoms with Crippen LogP contribution in [0.25, 0.3) is 0 Å². The van der Waals surface area contributed by atoms with E-state index in [9.17, 15) is 28.1 Å². The molecule has 0 bridgehead atoms. The third-order valence-electron chi connectivity index (χ3n) is 1.80. The summed E-state index contributed by atoms with van der Waals surface area (Å²) in [6, 6.07) is 0.229. The second-order valence-electron chi connectivity index (χ2n) is 2.95. The number of halogens is 3. The van der Waals surface area contributed by atoms with Gasteiger partial charge in [0.15, 0.2) is 5.69 Å². The minimum absolute atomic E-state index is 0.229. The van der Waals surface area contributed by atoms with Gasteiger partial charge in [-0.2, -0.15) is 0 Å². The molecule has 1 aromatic heterocycles. The quantitative estimate of drug-likeness (QED) is 0.648. The Kier molecular flexibility index (Phi) is 3.61. The summed E-state index contributed by atoms with van der Waals surface area (Å²) in [5.41, 5.74) is -2.07. The van der Waals surface area contributed by atoms with Crippen molar-refractivity contribution in [1.29, 1.82) is 0 Å². The Labute approximate surface area is 91.9 Å². The molecular weight excluding hydrogens is 245 g/mol. The number of carboxylic acids is 1. The number of rotatable bonds is 4. The highest BCUT2D eigenvalue weighted by Crippen LogP contribution is 2.27. The topological polar surface area (TPSA) is 93.3 Å². The number of hydrogen-bond acceptors (Lipinski definition) is 4. The summed E-state index contributed by atoms with van der Waals surface area (Å²) in [6.07, 6.45) is -4.31. The molecule has 1 aromatic rings. The zero-order valence-corrected chi connectivity index (χ0v) is 8.06. The smallest absolute Gasteiger partial charge is 0.366 e. The largest absolute Gasteiger partial charge is 0.481 e. The molecule has 0 aromatic carbocycles. The van der Waals surface area contributed by atoms with Gasteiger partial charge in [0, 0.05) is 0 Å². The van der Waals surface area contributed by atoms with Gasteiger partial charge in [0.25, 0.3) is 6.43 Å². The Morgan fingerprint density at radius 2 is 2.18 bits per heavy atom. The van der Waals surface area contributed by atoms with Gasteiger partial charge in [0.05, 0.1) is 6.07 Å².